The van der Waals surface area contributed by atoms with Crippen molar-refractivity contribution in [3.8, 4) is 23.3 Å². The number of nitrogens with zero attached hydrogens (tertiary/aromatic N) is 3. The molecule has 1 aromatic heterocycles. The lowest BCUT2D eigenvalue weighted by atomic mass is 10.0. The first-order valence-electron chi connectivity index (χ1n) is 12.9. The fraction of sp³-hybridized carbons (Fsp3) is 0.219. The van der Waals surface area contributed by atoms with Crippen LogP contribution in [0.3, 0.4) is 0 Å². The van der Waals surface area contributed by atoms with Crippen molar-refractivity contribution in [2.45, 2.75) is 20.3 Å². The van der Waals surface area contributed by atoms with Gasteiger partial charge in [-0.05, 0) is 69.9 Å². The highest BCUT2D eigenvalue weighted by Crippen LogP contribution is 2.35. The van der Waals surface area contributed by atoms with Crippen LogP contribution in [0.5, 0.6) is 17.2 Å². The average Bonchev–Trinajstić information content (AvgIpc) is 2.90. The third kappa shape index (κ3) is 7.01. The predicted molar refractivity (Wildman–Crippen MR) is 155 cm³/mol. The van der Waals surface area contributed by atoms with Gasteiger partial charge in [0, 0.05) is 42.2 Å². The summed E-state index contributed by atoms with van der Waals surface area (Å²) >= 11 is 0. The maximum absolute atomic E-state index is 15.2. The van der Waals surface area contributed by atoms with Crippen LogP contribution in [0.15, 0.2) is 72.9 Å². The molecule has 0 unspecified atom stereocenters. The van der Waals surface area contributed by atoms with Gasteiger partial charge in [-0.25, -0.2) is 4.39 Å². The number of aryl methyl sites for hydroxylation is 1. The Hall–Kier alpha value is -4.74. The molecule has 4 aromatic rings. The molecule has 7 nitrogen and oxygen atoms in total. The van der Waals surface area contributed by atoms with Crippen LogP contribution in [-0.2, 0) is 11.2 Å². The number of likely N-dealkylation sites (N-methyl/N-ethyl adjacent to an activating group) is 1. The Morgan fingerprint density at radius 2 is 1.95 bits per heavy atom. The second-order valence-electron chi connectivity index (χ2n) is 9.56. The molecule has 0 amide bonds. The highest BCUT2D eigenvalue weighted by atomic mass is 19.1. The Bertz CT molecular complexity index is 1610. The zero-order chi connectivity index (χ0) is 28.6. The summed E-state index contributed by atoms with van der Waals surface area (Å²) in [5.74, 6) is 0.855. The van der Waals surface area contributed by atoms with Crippen molar-refractivity contribution >= 4 is 28.1 Å². The minimum Gasteiger partial charge on any atom is -0.494 e. The summed E-state index contributed by atoms with van der Waals surface area (Å²) in [4.78, 5) is 19.1. The van der Waals surface area contributed by atoms with Crippen molar-refractivity contribution in [1.29, 1.82) is 5.26 Å². The molecule has 0 spiro atoms. The average molecular weight is 539 g/mol. The number of ketones is 1. The predicted octanol–water partition coefficient (Wildman–Crippen LogP) is 6.72. The van der Waals surface area contributed by atoms with Gasteiger partial charge in [0.15, 0.2) is 5.78 Å². The number of halogens is 1. The van der Waals surface area contributed by atoms with E-state index in [9.17, 15) is 10.1 Å². The van der Waals surface area contributed by atoms with E-state index in [2.05, 4.69) is 16.4 Å². The zero-order valence-electron chi connectivity index (χ0n) is 23.0. The number of ether oxygens (including phenoxy) is 2. The standard InChI is InChI=1S/C32H31FN4O3/c1-5-39-31-18-30-27(16-22(31)15-24(38)9-7-13-37(3)4)32(23(19-34)20-35-30)36-29-12-11-26(17-28(29)33)40-25-10-6-8-21(2)14-25/h6-12,14,16-18,20H,5,13,15H2,1-4H3,(H,35,36)/b9-7+. The van der Waals surface area contributed by atoms with Crippen molar-refractivity contribution in [2.24, 2.45) is 0 Å². The first-order chi connectivity index (χ1) is 19.3. The summed E-state index contributed by atoms with van der Waals surface area (Å²) in [6, 6.07) is 17.6. The Balaban J connectivity index is 1.69. The normalized spacial score (nSPS) is 11.1. The van der Waals surface area contributed by atoms with Crippen LogP contribution in [-0.4, -0.2) is 42.9 Å². The number of hydrogen-bond acceptors (Lipinski definition) is 7. The molecule has 0 bridgehead atoms. The van der Waals surface area contributed by atoms with Crippen LogP contribution in [0.25, 0.3) is 10.9 Å². The van der Waals surface area contributed by atoms with Crippen LogP contribution in [0, 0.1) is 24.1 Å². The molecule has 4 rings (SSSR count). The van der Waals surface area contributed by atoms with E-state index in [4.69, 9.17) is 9.47 Å². The first kappa shape index (κ1) is 28.3. The molecule has 0 aliphatic carbocycles. The third-order valence-electron chi connectivity index (χ3n) is 6.03. The fourth-order valence-electron chi connectivity index (χ4n) is 4.16. The van der Waals surface area contributed by atoms with E-state index in [0.717, 1.165) is 5.56 Å². The lowest BCUT2D eigenvalue weighted by molar-refractivity contribution is -0.114. The molecular formula is C32H31FN4O3. The van der Waals surface area contributed by atoms with E-state index in [1.807, 2.05) is 51.0 Å². The van der Waals surface area contributed by atoms with Gasteiger partial charge in [0.2, 0.25) is 0 Å². The van der Waals surface area contributed by atoms with Crippen molar-refractivity contribution < 1.29 is 18.7 Å². The van der Waals surface area contributed by atoms with Crippen LogP contribution in [0.4, 0.5) is 15.8 Å². The summed E-state index contributed by atoms with van der Waals surface area (Å²) < 4.78 is 26.8. The summed E-state index contributed by atoms with van der Waals surface area (Å²) in [5.41, 5.74) is 3.01. The molecule has 0 saturated heterocycles. The van der Waals surface area contributed by atoms with Gasteiger partial charge in [-0.3, -0.25) is 9.78 Å². The molecule has 204 valence electrons. The molecule has 1 N–H and O–H groups in total. The number of nitrogens with one attached hydrogen (secondary N) is 1. The maximum Gasteiger partial charge on any atom is 0.159 e. The van der Waals surface area contributed by atoms with E-state index in [-0.39, 0.29) is 23.5 Å². The SMILES string of the molecule is CCOc1cc2ncc(C#N)c(Nc3ccc(Oc4cccc(C)c4)cc3F)c2cc1CC(=O)/C=C/CN(C)C. The molecule has 0 saturated carbocycles. The number of aromatic nitrogens is 1. The van der Waals surface area contributed by atoms with Crippen molar-refractivity contribution in [2.75, 3.05) is 32.6 Å². The molecule has 1 heterocycles. The Labute approximate surface area is 233 Å². The van der Waals surface area contributed by atoms with Crippen molar-refractivity contribution in [3.63, 3.8) is 0 Å². The number of anilines is 2. The molecule has 0 aliphatic heterocycles. The monoisotopic (exact) mass is 538 g/mol. The molecular weight excluding hydrogens is 507 g/mol. The van der Waals surface area contributed by atoms with Crippen LogP contribution in [0.2, 0.25) is 0 Å². The van der Waals surface area contributed by atoms with Gasteiger partial charge in [0.25, 0.3) is 0 Å². The Kier molecular flexibility index (Phi) is 9.10. The molecule has 0 atom stereocenters. The second-order valence-corrected chi connectivity index (χ2v) is 9.56. The minimum atomic E-state index is -0.550. The van der Waals surface area contributed by atoms with Gasteiger partial charge in [-0.1, -0.05) is 18.2 Å². The topological polar surface area (TPSA) is 87.5 Å². The molecule has 0 fully saturated rings. The van der Waals surface area contributed by atoms with Gasteiger partial charge < -0.3 is 19.7 Å². The number of benzene rings is 3. The Morgan fingerprint density at radius 1 is 1.15 bits per heavy atom. The number of nitriles is 1. The summed E-state index contributed by atoms with van der Waals surface area (Å²) in [7, 11) is 3.85. The zero-order valence-corrected chi connectivity index (χ0v) is 23.0. The van der Waals surface area contributed by atoms with Crippen LogP contribution in [0.1, 0.15) is 23.6 Å². The second kappa shape index (κ2) is 12.9. The number of fused-ring (bicyclic) bond motifs is 1. The smallest absolute Gasteiger partial charge is 0.159 e. The quantitative estimate of drug-likeness (QED) is 0.212. The summed E-state index contributed by atoms with van der Waals surface area (Å²) in [6.07, 6.45) is 4.90. The molecule has 3 aromatic carbocycles. The number of carbonyl (C=O) groups excluding carboxylic acids is 1. The largest absolute Gasteiger partial charge is 0.494 e. The minimum absolute atomic E-state index is 0.0868. The van der Waals surface area contributed by atoms with Gasteiger partial charge in [-0.2, -0.15) is 5.26 Å². The summed E-state index contributed by atoms with van der Waals surface area (Å²) in [6.45, 7) is 4.87. The van der Waals surface area contributed by atoms with E-state index in [0.29, 0.717) is 52.6 Å². The summed E-state index contributed by atoms with van der Waals surface area (Å²) in [5, 5.41) is 13.5. The molecule has 40 heavy (non-hydrogen) atoms. The number of hydrogen-bond donors (Lipinski definition) is 1. The van der Waals surface area contributed by atoms with Gasteiger partial charge in [0.05, 0.1) is 29.1 Å². The molecule has 8 heteroatoms. The van der Waals surface area contributed by atoms with Crippen molar-refractivity contribution in [3.05, 3.63) is 95.5 Å². The fourth-order valence-corrected chi connectivity index (χ4v) is 4.16. The first-order valence-corrected chi connectivity index (χ1v) is 12.9. The van der Waals surface area contributed by atoms with Gasteiger partial charge >= 0.3 is 0 Å². The van der Waals surface area contributed by atoms with E-state index in [1.54, 1.807) is 42.5 Å². The highest BCUT2D eigenvalue weighted by molar-refractivity contribution is 5.99. The van der Waals surface area contributed by atoms with E-state index >= 15 is 4.39 Å². The van der Waals surface area contributed by atoms with Gasteiger partial charge in [-0.15, -0.1) is 0 Å². The van der Waals surface area contributed by atoms with E-state index < -0.39 is 5.82 Å². The van der Waals surface area contributed by atoms with Crippen molar-refractivity contribution in [1.82, 2.24) is 9.88 Å². The molecule has 0 aliphatic rings. The Morgan fingerprint density at radius 3 is 2.65 bits per heavy atom. The lowest BCUT2D eigenvalue weighted by Gasteiger charge is -2.16. The number of pyridine rings is 1. The molecule has 0 radical (unpaired) electrons. The van der Waals surface area contributed by atoms with Crippen LogP contribution < -0.4 is 14.8 Å². The maximum atomic E-state index is 15.2. The highest BCUT2D eigenvalue weighted by Gasteiger charge is 2.17. The van der Waals surface area contributed by atoms with Crippen LogP contribution >= 0.6 is 0 Å². The number of carbonyl (C=O) groups is 1. The van der Waals surface area contributed by atoms with Gasteiger partial charge in [0.1, 0.15) is 29.1 Å². The van der Waals surface area contributed by atoms with E-state index in [1.165, 1.54) is 12.3 Å². The number of allylic oxidation sites excluding steroid dienone is 1. The number of rotatable bonds is 11. The lowest BCUT2D eigenvalue weighted by Crippen LogP contribution is -2.11. The third-order valence-corrected chi connectivity index (χ3v) is 6.03.